The Bertz CT molecular complexity index is 611. The fourth-order valence-corrected chi connectivity index (χ4v) is 5.00. The van der Waals surface area contributed by atoms with E-state index in [1.807, 2.05) is 0 Å². The molecular weight excluding hydrogens is 347 g/mol. The van der Waals surface area contributed by atoms with Crippen molar-refractivity contribution < 1.29 is 12.8 Å². The molecule has 7 heteroatoms. The zero-order chi connectivity index (χ0) is 14.3. The molecule has 0 aromatic heterocycles. The van der Waals surface area contributed by atoms with Crippen LogP contribution in [0.1, 0.15) is 25.7 Å². The second-order valence-electron chi connectivity index (χ2n) is 5.50. The Morgan fingerprint density at radius 1 is 1.25 bits per heavy atom. The highest BCUT2D eigenvalue weighted by Gasteiger charge is 2.35. The molecule has 0 saturated carbocycles. The molecule has 2 heterocycles. The second kappa shape index (κ2) is 5.36. The summed E-state index contributed by atoms with van der Waals surface area (Å²) in [4.78, 5) is -0.294. The van der Waals surface area contributed by atoms with Crippen molar-refractivity contribution in [3.8, 4) is 0 Å². The van der Waals surface area contributed by atoms with E-state index in [2.05, 4.69) is 26.0 Å². The summed E-state index contributed by atoms with van der Waals surface area (Å²) in [7, 11) is -3.81. The lowest BCUT2D eigenvalue weighted by Crippen LogP contribution is -2.48. The lowest BCUT2D eigenvalue weighted by atomic mass is 10.0. The van der Waals surface area contributed by atoms with Gasteiger partial charge in [0.05, 0.1) is 0 Å². The van der Waals surface area contributed by atoms with Crippen molar-refractivity contribution >= 4 is 26.0 Å². The van der Waals surface area contributed by atoms with Gasteiger partial charge in [-0.2, -0.15) is 0 Å². The van der Waals surface area contributed by atoms with Gasteiger partial charge in [-0.25, -0.2) is 17.5 Å². The molecule has 0 radical (unpaired) electrons. The molecule has 0 amide bonds. The van der Waals surface area contributed by atoms with Crippen molar-refractivity contribution in [3.63, 3.8) is 0 Å². The monoisotopic (exact) mass is 362 g/mol. The molecule has 3 rings (SSSR count). The molecule has 4 nitrogen and oxygen atoms in total. The number of benzene rings is 1. The van der Waals surface area contributed by atoms with Gasteiger partial charge in [0.1, 0.15) is 10.7 Å². The Kier molecular flexibility index (Phi) is 3.87. The largest absolute Gasteiger partial charge is 0.311 e. The van der Waals surface area contributed by atoms with Crippen LogP contribution >= 0.6 is 15.9 Å². The van der Waals surface area contributed by atoms with Gasteiger partial charge >= 0.3 is 0 Å². The number of sulfonamides is 1. The molecule has 20 heavy (non-hydrogen) atoms. The van der Waals surface area contributed by atoms with E-state index in [1.165, 1.54) is 12.1 Å². The fourth-order valence-electron chi connectivity index (χ4n) is 3.12. The molecule has 1 aromatic carbocycles. The summed E-state index contributed by atoms with van der Waals surface area (Å²) in [6, 6.07) is 4.59. The van der Waals surface area contributed by atoms with Crippen molar-refractivity contribution in [2.75, 3.05) is 0 Å². The molecule has 0 aliphatic carbocycles. The Labute approximate surface area is 126 Å². The van der Waals surface area contributed by atoms with E-state index in [1.54, 1.807) is 0 Å². The summed E-state index contributed by atoms with van der Waals surface area (Å²) in [5.41, 5.74) is 0. The maximum Gasteiger partial charge on any atom is 0.243 e. The lowest BCUT2D eigenvalue weighted by molar-refractivity contribution is 0.345. The number of nitrogens with one attached hydrogen (secondary N) is 2. The first-order chi connectivity index (χ1) is 9.44. The predicted molar refractivity (Wildman–Crippen MR) is 77.4 cm³/mol. The van der Waals surface area contributed by atoms with E-state index in [9.17, 15) is 12.8 Å². The van der Waals surface area contributed by atoms with Gasteiger partial charge in [0, 0.05) is 22.6 Å². The minimum absolute atomic E-state index is 0.114. The zero-order valence-electron chi connectivity index (χ0n) is 10.8. The molecule has 2 aliphatic heterocycles. The fraction of sp³-hybridized carbons (Fsp3) is 0.538. The van der Waals surface area contributed by atoms with Crippen LogP contribution in [0.3, 0.4) is 0 Å². The maximum absolute atomic E-state index is 13.7. The van der Waals surface area contributed by atoms with Crippen molar-refractivity contribution in [2.45, 2.75) is 48.7 Å². The van der Waals surface area contributed by atoms with Gasteiger partial charge < -0.3 is 5.32 Å². The third-order valence-electron chi connectivity index (χ3n) is 3.98. The van der Waals surface area contributed by atoms with Crippen LogP contribution < -0.4 is 10.0 Å². The van der Waals surface area contributed by atoms with E-state index in [0.29, 0.717) is 16.6 Å². The summed E-state index contributed by atoms with van der Waals surface area (Å²) < 4.78 is 41.6. The first-order valence-corrected chi connectivity index (χ1v) is 8.95. The number of hydrogen-bond acceptors (Lipinski definition) is 3. The highest BCUT2D eigenvalue weighted by atomic mass is 79.9. The quantitative estimate of drug-likeness (QED) is 0.865. The van der Waals surface area contributed by atoms with Gasteiger partial charge in [-0.15, -0.1) is 0 Å². The van der Waals surface area contributed by atoms with Crippen LogP contribution in [0.4, 0.5) is 4.39 Å². The van der Waals surface area contributed by atoms with E-state index in [0.717, 1.165) is 31.7 Å². The summed E-state index contributed by atoms with van der Waals surface area (Å²) in [5.74, 6) is -0.724. The van der Waals surface area contributed by atoms with Gasteiger partial charge in [-0.3, -0.25) is 0 Å². The predicted octanol–water partition coefficient (Wildman–Crippen LogP) is 2.15. The van der Waals surface area contributed by atoms with Crippen molar-refractivity contribution in [1.82, 2.24) is 10.0 Å². The van der Waals surface area contributed by atoms with E-state index < -0.39 is 15.8 Å². The topological polar surface area (TPSA) is 58.2 Å². The summed E-state index contributed by atoms with van der Waals surface area (Å²) in [5, 5.41) is 3.45. The summed E-state index contributed by atoms with van der Waals surface area (Å²) in [6.45, 7) is 0. The average molecular weight is 363 g/mol. The molecule has 2 N–H and O–H groups in total. The first-order valence-electron chi connectivity index (χ1n) is 6.67. The Hall–Kier alpha value is -0.500. The molecule has 0 spiro atoms. The van der Waals surface area contributed by atoms with Crippen LogP contribution in [0.25, 0.3) is 0 Å². The smallest absolute Gasteiger partial charge is 0.243 e. The number of fused-ring (bicyclic) bond motifs is 2. The summed E-state index contributed by atoms with van der Waals surface area (Å²) in [6.07, 6.45) is 3.72. The van der Waals surface area contributed by atoms with Gasteiger partial charge in [0.25, 0.3) is 0 Å². The molecule has 2 atom stereocenters. The first kappa shape index (κ1) is 14.4. The van der Waals surface area contributed by atoms with E-state index >= 15 is 0 Å². The molecule has 2 fully saturated rings. The summed E-state index contributed by atoms with van der Waals surface area (Å²) >= 11 is 3.17. The van der Waals surface area contributed by atoms with Crippen LogP contribution in [0.5, 0.6) is 0 Å². The average Bonchev–Trinajstić information content (AvgIpc) is 2.71. The Morgan fingerprint density at radius 3 is 2.55 bits per heavy atom. The van der Waals surface area contributed by atoms with Gasteiger partial charge in [-0.1, -0.05) is 15.9 Å². The molecule has 2 aliphatic rings. The van der Waals surface area contributed by atoms with Crippen LogP contribution in [0.2, 0.25) is 0 Å². The van der Waals surface area contributed by atoms with Crippen LogP contribution in [-0.4, -0.2) is 26.5 Å². The molecule has 2 bridgehead atoms. The highest BCUT2D eigenvalue weighted by Crippen LogP contribution is 2.28. The van der Waals surface area contributed by atoms with E-state index in [-0.39, 0.29) is 10.9 Å². The molecule has 2 saturated heterocycles. The van der Waals surface area contributed by atoms with Crippen LogP contribution in [0.15, 0.2) is 27.6 Å². The van der Waals surface area contributed by atoms with E-state index in [4.69, 9.17) is 0 Å². The number of halogens is 2. The molecular formula is C13H16BrFN2O2S. The van der Waals surface area contributed by atoms with Crippen molar-refractivity contribution in [2.24, 2.45) is 0 Å². The van der Waals surface area contributed by atoms with Crippen molar-refractivity contribution in [1.29, 1.82) is 0 Å². The molecule has 110 valence electrons. The standard InChI is InChI=1S/C13H16BrFN2O2S/c14-8-1-4-12(15)13(5-8)20(18,19)17-11-6-9-2-3-10(7-11)16-9/h1,4-5,9-11,16-17H,2-3,6-7H2. The molecule has 1 aromatic rings. The minimum atomic E-state index is -3.81. The third-order valence-corrected chi connectivity index (χ3v) is 6.01. The molecule has 2 unspecified atom stereocenters. The van der Waals surface area contributed by atoms with Gasteiger partial charge in [0.15, 0.2) is 0 Å². The van der Waals surface area contributed by atoms with Gasteiger partial charge in [-0.05, 0) is 43.9 Å². The minimum Gasteiger partial charge on any atom is -0.311 e. The highest BCUT2D eigenvalue weighted by molar-refractivity contribution is 9.10. The second-order valence-corrected chi connectivity index (χ2v) is 8.10. The zero-order valence-corrected chi connectivity index (χ0v) is 13.2. The van der Waals surface area contributed by atoms with Crippen LogP contribution in [0, 0.1) is 5.82 Å². The van der Waals surface area contributed by atoms with Gasteiger partial charge in [0.2, 0.25) is 10.0 Å². The third kappa shape index (κ3) is 2.90. The lowest BCUT2D eigenvalue weighted by Gasteiger charge is -2.29. The van der Waals surface area contributed by atoms with Crippen molar-refractivity contribution in [3.05, 3.63) is 28.5 Å². The number of rotatable bonds is 3. The number of piperidine rings is 1. The Morgan fingerprint density at radius 2 is 1.90 bits per heavy atom. The SMILES string of the molecule is O=S(=O)(NC1CC2CCC(C1)N2)c1cc(Br)ccc1F. The number of hydrogen-bond donors (Lipinski definition) is 2. The maximum atomic E-state index is 13.7. The normalized spacial score (nSPS) is 29.6. The van der Waals surface area contributed by atoms with Crippen LogP contribution in [-0.2, 0) is 10.0 Å². The Balaban J connectivity index is 1.80.